The van der Waals surface area contributed by atoms with Crippen molar-refractivity contribution >= 4 is 11.6 Å². The highest BCUT2D eigenvalue weighted by atomic mass is 16.5. The van der Waals surface area contributed by atoms with Crippen LogP contribution in [0.5, 0.6) is 0 Å². The van der Waals surface area contributed by atoms with E-state index in [9.17, 15) is 4.79 Å². The van der Waals surface area contributed by atoms with Gasteiger partial charge in [-0.1, -0.05) is 6.92 Å². The number of rotatable bonds is 3. The number of morpholine rings is 1. The molecule has 5 nitrogen and oxygen atoms in total. The number of hydrogen-bond acceptors (Lipinski definition) is 4. The maximum Gasteiger partial charge on any atom is 0.272 e. The van der Waals surface area contributed by atoms with E-state index in [1.807, 2.05) is 18.0 Å². The third-order valence-electron chi connectivity index (χ3n) is 3.15. The number of pyridine rings is 1. The zero-order valence-corrected chi connectivity index (χ0v) is 10.8. The zero-order chi connectivity index (χ0) is 13.0. The maximum absolute atomic E-state index is 12.3. The van der Waals surface area contributed by atoms with E-state index in [1.165, 1.54) is 0 Å². The highest BCUT2D eigenvalue weighted by molar-refractivity contribution is 5.93. The van der Waals surface area contributed by atoms with Gasteiger partial charge >= 0.3 is 0 Å². The fourth-order valence-corrected chi connectivity index (χ4v) is 2.02. The van der Waals surface area contributed by atoms with Crippen LogP contribution in [0, 0.1) is 0 Å². The number of carbonyl (C=O) groups excluding carboxylic acids is 1. The van der Waals surface area contributed by atoms with Crippen molar-refractivity contribution in [2.24, 2.45) is 0 Å². The molecule has 1 amide bonds. The molecule has 2 heterocycles. The van der Waals surface area contributed by atoms with Crippen molar-refractivity contribution in [2.75, 3.05) is 32.1 Å². The molecule has 1 aliphatic rings. The molecular formula is C13H19N3O2. The molecule has 2 rings (SSSR count). The van der Waals surface area contributed by atoms with Crippen LogP contribution in [0.4, 0.5) is 5.69 Å². The molecule has 1 fully saturated rings. The van der Waals surface area contributed by atoms with Crippen LogP contribution in [0.3, 0.4) is 0 Å². The molecule has 98 valence electrons. The Balaban J connectivity index is 2.10. The summed E-state index contributed by atoms with van der Waals surface area (Å²) < 4.78 is 5.56. The van der Waals surface area contributed by atoms with Crippen molar-refractivity contribution in [1.29, 1.82) is 0 Å². The zero-order valence-electron chi connectivity index (χ0n) is 10.8. The monoisotopic (exact) mass is 249 g/mol. The first kappa shape index (κ1) is 12.8. The topological polar surface area (TPSA) is 54.5 Å². The molecule has 5 heteroatoms. The summed E-state index contributed by atoms with van der Waals surface area (Å²) in [5.74, 6) is -0.0196. The molecule has 0 aliphatic carbocycles. The Labute approximate surface area is 107 Å². The molecule has 0 saturated carbocycles. The van der Waals surface area contributed by atoms with Gasteiger partial charge in [0.2, 0.25) is 0 Å². The first-order valence-electron chi connectivity index (χ1n) is 6.29. The Morgan fingerprint density at radius 2 is 2.50 bits per heavy atom. The molecule has 0 radical (unpaired) electrons. The minimum atomic E-state index is -0.0196. The van der Waals surface area contributed by atoms with E-state index in [1.54, 1.807) is 12.3 Å². The minimum absolute atomic E-state index is 0.0196. The number of amides is 1. The van der Waals surface area contributed by atoms with Crippen LogP contribution in [0.2, 0.25) is 0 Å². The Morgan fingerprint density at radius 3 is 3.22 bits per heavy atom. The predicted molar refractivity (Wildman–Crippen MR) is 69.7 cm³/mol. The summed E-state index contributed by atoms with van der Waals surface area (Å²) in [7, 11) is 1.82. The SMILES string of the molecule is CCC1CN(C(=O)c2cc(NC)ccn2)CCO1. The van der Waals surface area contributed by atoms with Crippen LogP contribution < -0.4 is 5.32 Å². The smallest absolute Gasteiger partial charge is 0.272 e. The van der Waals surface area contributed by atoms with Gasteiger partial charge in [-0.05, 0) is 18.6 Å². The Bertz CT molecular complexity index is 422. The van der Waals surface area contributed by atoms with Gasteiger partial charge in [0.25, 0.3) is 5.91 Å². The highest BCUT2D eigenvalue weighted by Crippen LogP contribution is 2.13. The summed E-state index contributed by atoms with van der Waals surface area (Å²) in [6.45, 7) is 3.97. The number of nitrogens with zero attached hydrogens (tertiary/aromatic N) is 2. The fourth-order valence-electron chi connectivity index (χ4n) is 2.02. The lowest BCUT2D eigenvalue weighted by atomic mass is 10.2. The van der Waals surface area contributed by atoms with Crippen molar-refractivity contribution in [2.45, 2.75) is 19.4 Å². The molecule has 1 aromatic rings. The fraction of sp³-hybridized carbons (Fsp3) is 0.538. The molecule has 1 saturated heterocycles. The number of ether oxygens (including phenoxy) is 1. The first-order valence-corrected chi connectivity index (χ1v) is 6.29. The Morgan fingerprint density at radius 1 is 1.67 bits per heavy atom. The van der Waals surface area contributed by atoms with Gasteiger partial charge in [-0.3, -0.25) is 9.78 Å². The lowest BCUT2D eigenvalue weighted by Crippen LogP contribution is -2.45. The van der Waals surface area contributed by atoms with E-state index in [-0.39, 0.29) is 12.0 Å². The lowest BCUT2D eigenvalue weighted by Gasteiger charge is -2.32. The Kier molecular flexibility index (Phi) is 4.15. The first-order chi connectivity index (χ1) is 8.74. The summed E-state index contributed by atoms with van der Waals surface area (Å²) in [4.78, 5) is 18.3. The van der Waals surface area contributed by atoms with Crippen LogP contribution in [-0.2, 0) is 4.74 Å². The summed E-state index contributed by atoms with van der Waals surface area (Å²) in [5.41, 5.74) is 1.38. The van der Waals surface area contributed by atoms with E-state index in [0.29, 0.717) is 25.4 Å². The van der Waals surface area contributed by atoms with Crippen molar-refractivity contribution in [3.8, 4) is 0 Å². The summed E-state index contributed by atoms with van der Waals surface area (Å²) in [6.07, 6.45) is 2.72. The molecule has 18 heavy (non-hydrogen) atoms. The summed E-state index contributed by atoms with van der Waals surface area (Å²) in [6, 6.07) is 3.61. The predicted octanol–water partition coefficient (Wildman–Crippen LogP) is 1.37. The van der Waals surface area contributed by atoms with E-state index in [0.717, 1.165) is 12.1 Å². The van der Waals surface area contributed by atoms with Gasteiger partial charge < -0.3 is 15.0 Å². The molecule has 0 aromatic carbocycles. The second-order valence-corrected chi connectivity index (χ2v) is 4.33. The van der Waals surface area contributed by atoms with Gasteiger partial charge in [0.1, 0.15) is 5.69 Å². The van der Waals surface area contributed by atoms with E-state index < -0.39 is 0 Å². The van der Waals surface area contributed by atoms with Gasteiger partial charge in [0.05, 0.1) is 12.7 Å². The number of anilines is 1. The van der Waals surface area contributed by atoms with E-state index >= 15 is 0 Å². The average molecular weight is 249 g/mol. The van der Waals surface area contributed by atoms with Crippen LogP contribution in [0.15, 0.2) is 18.3 Å². The van der Waals surface area contributed by atoms with Crippen molar-refractivity contribution in [1.82, 2.24) is 9.88 Å². The quantitative estimate of drug-likeness (QED) is 0.879. The maximum atomic E-state index is 12.3. The molecule has 1 aromatic heterocycles. The number of nitrogens with one attached hydrogen (secondary N) is 1. The van der Waals surface area contributed by atoms with Crippen LogP contribution in [-0.4, -0.2) is 48.6 Å². The second kappa shape index (κ2) is 5.82. The lowest BCUT2D eigenvalue weighted by molar-refractivity contribution is -0.0228. The number of aromatic nitrogens is 1. The van der Waals surface area contributed by atoms with Crippen LogP contribution in [0.1, 0.15) is 23.8 Å². The van der Waals surface area contributed by atoms with E-state index in [2.05, 4.69) is 17.2 Å². The van der Waals surface area contributed by atoms with Gasteiger partial charge in [-0.15, -0.1) is 0 Å². The average Bonchev–Trinajstić information content (AvgIpc) is 2.46. The van der Waals surface area contributed by atoms with Gasteiger partial charge in [-0.2, -0.15) is 0 Å². The Hall–Kier alpha value is -1.62. The molecule has 1 atom stereocenters. The molecule has 1 aliphatic heterocycles. The standard InChI is InChI=1S/C13H19N3O2/c1-3-11-9-16(6-7-18-11)13(17)12-8-10(14-2)4-5-15-12/h4-5,8,11H,3,6-7,9H2,1-2H3,(H,14,15). The third-order valence-corrected chi connectivity index (χ3v) is 3.15. The minimum Gasteiger partial charge on any atom is -0.388 e. The van der Waals surface area contributed by atoms with Crippen LogP contribution in [0.25, 0.3) is 0 Å². The second-order valence-electron chi connectivity index (χ2n) is 4.33. The molecule has 1 unspecified atom stereocenters. The van der Waals surface area contributed by atoms with Crippen molar-refractivity contribution in [3.05, 3.63) is 24.0 Å². The summed E-state index contributed by atoms with van der Waals surface area (Å²) >= 11 is 0. The number of hydrogen-bond donors (Lipinski definition) is 1. The van der Waals surface area contributed by atoms with E-state index in [4.69, 9.17) is 4.74 Å². The molecular weight excluding hydrogens is 230 g/mol. The molecule has 0 bridgehead atoms. The van der Waals surface area contributed by atoms with Gasteiger partial charge in [0.15, 0.2) is 0 Å². The molecule has 0 spiro atoms. The van der Waals surface area contributed by atoms with Crippen molar-refractivity contribution < 1.29 is 9.53 Å². The van der Waals surface area contributed by atoms with Gasteiger partial charge in [0, 0.05) is 32.0 Å². The highest BCUT2D eigenvalue weighted by Gasteiger charge is 2.24. The largest absolute Gasteiger partial charge is 0.388 e. The van der Waals surface area contributed by atoms with Crippen molar-refractivity contribution in [3.63, 3.8) is 0 Å². The number of carbonyl (C=O) groups is 1. The normalized spacial score (nSPS) is 19.7. The summed E-state index contributed by atoms with van der Waals surface area (Å²) in [5, 5.41) is 3.01. The third kappa shape index (κ3) is 2.79. The van der Waals surface area contributed by atoms with Gasteiger partial charge in [-0.25, -0.2) is 0 Å². The van der Waals surface area contributed by atoms with Crippen LogP contribution >= 0.6 is 0 Å². The molecule has 1 N–H and O–H groups in total.